The highest BCUT2D eigenvalue weighted by Crippen LogP contribution is 2.08. The molecule has 0 aliphatic heterocycles. The van der Waals surface area contributed by atoms with Crippen LogP contribution in [-0.2, 0) is 6.42 Å². The third-order valence-electron chi connectivity index (χ3n) is 1.95. The van der Waals surface area contributed by atoms with Crippen LogP contribution in [-0.4, -0.2) is 11.7 Å². The van der Waals surface area contributed by atoms with Crippen molar-refractivity contribution in [1.29, 1.82) is 0 Å². The Balaban J connectivity index is 2.85. The average Bonchev–Trinajstić information content (AvgIpc) is 2.18. The Morgan fingerprint density at radius 3 is 2.85 bits per heavy atom. The molecule has 0 heterocycles. The summed E-state index contributed by atoms with van der Waals surface area (Å²) < 4.78 is 0. The smallest absolute Gasteiger partial charge is 0.162 e. The minimum Gasteiger partial charge on any atom is -0.294 e. The minimum absolute atomic E-state index is 0.191. The molecule has 1 aromatic rings. The summed E-state index contributed by atoms with van der Waals surface area (Å²) in [5.74, 6) is 0.792. The van der Waals surface area contributed by atoms with E-state index in [0.717, 1.165) is 17.5 Å². The third-order valence-corrected chi connectivity index (χ3v) is 2.14. The number of aryl methyl sites for hydroxylation is 1. The van der Waals surface area contributed by atoms with Gasteiger partial charge in [0, 0.05) is 17.9 Å². The molecule has 0 bridgehead atoms. The Morgan fingerprint density at radius 1 is 1.46 bits per heavy atom. The molecular formula is C11H13ClO. The lowest BCUT2D eigenvalue weighted by molar-refractivity contribution is 0.0988. The molecular weight excluding hydrogens is 184 g/mol. The van der Waals surface area contributed by atoms with Gasteiger partial charge < -0.3 is 0 Å². The topological polar surface area (TPSA) is 17.1 Å². The number of benzene rings is 1. The van der Waals surface area contributed by atoms with E-state index in [1.165, 1.54) is 0 Å². The van der Waals surface area contributed by atoms with Crippen molar-refractivity contribution >= 4 is 17.4 Å². The van der Waals surface area contributed by atoms with Gasteiger partial charge in [0.15, 0.2) is 5.78 Å². The number of hydrogen-bond acceptors (Lipinski definition) is 1. The predicted molar refractivity (Wildman–Crippen MR) is 55.5 cm³/mol. The van der Waals surface area contributed by atoms with E-state index in [1.807, 2.05) is 31.2 Å². The maximum atomic E-state index is 11.3. The van der Waals surface area contributed by atoms with E-state index in [2.05, 4.69) is 0 Å². The van der Waals surface area contributed by atoms with Gasteiger partial charge in [-0.1, -0.05) is 25.1 Å². The van der Waals surface area contributed by atoms with Gasteiger partial charge in [-0.05, 0) is 18.1 Å². The summed E-state index contributed by atoms with van der Waals surface area (Å²) in [6, 6.07) is 7.68. The van der Waals surface area contributed by atoms with Gasteiger partial charge in [-0.2, -0.15) is 0 Å². The van der Waals surface area contributed by atoms with Gasteiger partial charge in [0.05, 0.1) is 0 Å². The van der Waals surface area contributed by atoms with Crippen molar-refractivity contribution in [2.24, 2.45) is 0 Å². The molecule has 0 saturated carbocycles. The first-order valence-electron chi connectivity index (χ1n) is 4.46. The molecule has 2 heteroatoms. The lowest BCUT2D eigenvalue weighted by Crippen LogP contribution is -1.97. The largest absolute Gasteiger partial charge is 0.294 e. The molecule has 0 fully saturated rings. The van der Waals surface area contributed by atoms with Crippen molar-refractivity contribution in [1.82, 2.24) is 0 Å². The van der Waals surface area contributed by atoms with Gasteiger partial charge in [0.25, 0.3) is 0 Å². The Labute approximate surface area is 83.7 Å². The molecule has 0 radical (unpaired) electrons. The van der Waals surface area contributed by atoms with E-state index in [4.69, 9.17) is 11.6 Å². The van der Waals surface area contributed by atoms with Crippen LogP contribution >= 0.6 is 11.6 Å². The first-order valence-corrected chi connectivity index (χ1v) is 4.99. The van der Waals surface area contributed by atoms with Crippen LogP contribution in [0.4, 0.5) is 0 Å². The summed E-state index contributed by atoms with van der Waals surface area (Å²) in [6.45, 7) is 1.87. The average molecular weight is 197 g/mol. The second kappa shape index (κ2) is 5.03. The fraction of sp³-hybridized carbons (Fsp3) is 0.364. The van der Waals surface area contributed by atoms with Crippen molar-refractivity contribution in [3.63, 3.8) is 0 Å². The summed E-state index contributed by atoms with van der Waals surface area (Å²) >= 11 is 5.62. The highest BCUT2D eigenvalue weighted by molar-refractivity contribution is 6.18. The minimum atomic E-state index is 0.191. The first-order chi connectivity index (χ1) is 6.27. The molecule has 0 aromatic heterocycles. The molecule has 1 nitrogen and oxygen atoms in total. The monoisotopic (exact) mass is 196 g/mol. The maximum Gasteiger partial charge on any atom is 0.162 e. The summed E-state index contributed by atoms with van der Waals surface area (Å²) in [4.78, 5) is 11.3. The Hall–Kier alpha value is -0.820. The van der Waals surface area contributed by atoms with Gasteiger partial charge in [0.2, 0.25) is 0 Å². The molecule has 0 N–H and O–H groups in total. The first kappa shape index (κ1) is 10.3. The van der Waals surface area contributed by atoms with Crippen LogP contribution < -0.4 is 0 Å². The number of hydrogen-bond donors (Lipinski definition) is 0. The zero-order chi connectivity index (χ0) is 9.68. The standard InChI is InChI=1S/C11H13ClO/c1-2-11(13)10-5-3-4-9(8-10)6-7-12/h3-5,8H,2,6-7H2,1H3. The molecule has 1 rings (SSSR count). The van der Waals surface area contributed by atoms with Gasteiger partial charge in [-0.3, -0.25) is 4.79 Å². The number of ketones is 1. The number of rotatable bonds is 4. The second-order valence-corrected chi connectivity index (χ2v) is 3.29. The summed E-state index contributed by atoms with van der Waals surface area (Å²) in [6.07, 6.45) is 1.39. The summed E-state index contributed by atoms with van der Waals surface area (Å²) in [7, 11) is 0. The van der Waals surface area contributed by atoms with E-state index in [0.29, 0.717) is 12.3 Å². The van der Waals surface area contributed by atoms with Gasteiger partial charge in [-0.15, -0.1) is 11.6 Å². The normalized spacial score (nSPS) is 10.0. The Morgan fingerprint density at radius 2 is 2.23 bits per heavy atom. The van der Waals surface area contributed by atoms with Crippen LogP contribution in [0, 0.1) is 0 Å². The molecule has 0 unspecified atom stereocenters. The van der Waals surface area contributed by atoms with Crippen LogP contribution in [0.1, 0.15) is 29.3 Å². The number of carbonyl (C=O) groups excluding carboxylic acids is 1. The van der Waals surface area contributed by atoms with Crippen molar-refractivity contribution in [3.05, 3.63) is 35.4 Å². The zero-order valence-corrected chi connectivity index (χ0v) is 8.47. The van der Waals surface area contributed by atoms with E-state index in [1.54, 1.807) is 0 Å². The van der Waals surface area contributed by atoms with E-state index < -0.39 is 0 Å². The molecule has 70 valence electrons. The molecule has 0 spiro atoms. The lowest BCUT2D eigenvalue weighted by atomic mass is 10.0. The van der Waals surface area contributed by atoms with E-state index >= 15 is 0 Å². The van der Waals surface area contributed by atoms with Crippen molar-refractivity contribution in [2.45, 2.75) is 19.8 Å². The van der Waals surface area contributed by atoms with E-state index in [-0.39, 0.29) is 5.78 Å². The fourth-order valence-electron chi connectivity index (χ4n) is 1.21. The third kappa shape index (κ3) is 2.85. The van der Waals surface area contributed by atoms with Crippen molar-refractivity contribution in [2.75, 3.05) is 5.88 Å². The number of halogens is 1. The molecule has 0 aliphatic carbocycles. The molecule has 0 amide bonds. The van der Waals surface area contributed by atoms with Crippen molar-refractivity contribution < 1.29 is 4.79 Å². The van der Waals surface area contributed by atoms with Crippen LogP contribution in [0.3, 0.4) is 0 Å². The molecule has 0 aliphatic rings. The predicted octanol–water partition coefficient (Wildman–Crippen LogP) is 3.06. The number of carbonyl (C=O) groups is 1. The molecule has 13 heavy (non-hydrogen) atoms. The Bertz CT molecular complexity index is 294. The fourth-order valence-corrected chi connectivity index (χ4v) is 1.43. The van der Waals surface area contributed by atoms with E-state index in [9.17, 15) is 4.79 Å². The van der Waals surface area contributed by atoms with Gasteiger partial charge in [0.1, 0.15) is 0 Å². The lowest BCUT2D eigenvalue weighted by Gasteiger charge is -2.01. The number of Topliss-reactive ketones (excluding diaryl/α,β-unsaturated/α-hetero) is 1. The molecule has 0 saturated heterocycles. The maximum absolute atomic E-state index is 11.3. The highest BCUT2D eigenvalue weighted by atomic mass is 35.5. The zero-order valence-electron chi connectivity index (χ0n) is 7.72. The summed E-state index contributed by atoms with van der Waals surface area (Å²) in [5, 5.41) is 0. The molecule has 1 aromatic carbocycles. The summed E-state index contributed by atoms with van der Waals surface area (Å²) in [5.41, 5.74) is 1.93. The molecule has 0 atom stereocenters. The SMILES string of the molecule is CCC(=O)c1cccc(CCCl)c1. The van der Waals surface area contributed by atoms with Gasteiger partial charge >= 0.3 is 0 Å². The van der Waals surface area contributed by atoms with Crippen LogP contribution in [0.2, 0.25) is 0 Å². The van der Waals surface area contributed by atoms with Crippen LogP contribution in [0.5, 0.6) is 0 Å². The highest BCUT2D eigenvalue weighted by Gasteiger charge is 2.02. The quantitative estimate of drug-likeness (QED) is 0.535. The van der Waals surface area contributed by atoms with Crippen molar-refractivity contribution in [3.8, 4) is 0 Å². The van der Waals surface area contributed by atoms with Crippen LogP contribution in [0.25, 0.3) is 0 Å². The van der Waals surface area contributed by atoms with Crippen LogP contribution in [0.15, 0.2) is 24.3 Å². The Kier molecular flexibility index (Phi) is 3.97. The van der Waals surface area contributed by atoms with Gasteiger partial charge in [-0.25, -0.2) is 0 Å². The second-order valence-electron chi connectivity index (χ2n) is 2.92. The number of alkyl halides is 1.